The van der Waals surface area contributed by atoms with Gasteiger partial charge in [0.15, 0.2) is 6.61 Å². The van der Waals surface area contributed by atoms with E-state index in [1.54, 1.807) is 30.3 Å². The van der Waals surface area contributed by atoms with Gasteiger partial charge in [0.25, 0.3) is 5.91 Å². The van der Waals surface area contributed by atoms with Crippen LogP contribution in [0.3, 0.4) is 0 Å². The summed E-state index contributed by atoms with van der Waals surface area (Å²) in [4.78, 5) is 28.3. The second-order valence-corrected chi connectivity index (χ2v) is 9.29. The van der Waals surface area contributed by atoms with Crippen LogP contribution in [0.2, 0.25) is 0 Å². The SMILES string of the molecule is CC[C@@H](C)NC(=O)[C@@H](Cc1ccccc1)N(Cc1ccccc1F)C(=O)COc1ccc(Br)cc1. The van der Waals surface area contributed by atoms with Crippen molar-refractivity contribution in [2.24, 2.45) is 0 Å². The van der Waals surface area contributed by atoms with Crippen LogP contribution in [0.4, 0.5) is 4.39 Å². The summed E-state index contributed by atoms with van der Waals surface area (Å²) in [6, 6.07) is 22.0. The number of halogens is 2. The third kappa shape index (κ3) is 7.92. The van der Waals surface area contributed by atoms with Crippen LogP contribution >= 0.6 is 15.9 Å². The normalized spacial score (nSPS) is 12.5. The molecule has 2 amide bonds. The van der Waals surface area contributed by atoms with Gasteiger partial charge in [0.2, 0.25) is 5.91 Å². The molecule has 1 N–H and O–H groups in total. The van der Waals surface area contributed by atoms with Gasteiger partial charge in [-0.05, 0) is 49.2 Å². The number of ether oxygens (including phenoxy) is 1. The molecule has 3 aromatic rings. The third-order valence-electron chi connectivity index (χ3n) is 5.75. The Morgan fingerprint density at radius 1 is 1.00 bits per heavy atom. The molecule has 0 aliphatic rings. The van der Waals surface area contributed by atoms with E-state index in [2.05, 4.69) is 21.2 Å². The molecule has 0 saturated heterocycles. The van der Waals surface area contributed by atoms with Crippen molar-refractivity contribution in [3.63, 3.8) is 0 Å². The minimum absolute atomic E-state index is 0.0549. The van der Waals surface area contributed by atoms with Crippen LogP contribution in [0.1, 0.15) is 31.4 Å². The molecule has 0 aliphatic heterocycles. The Bertz CT molecular complexity index is 1110. The average molecular weight is 541 g/mol. The summed E-state index contributed by atoms with van der Waals surface area (Å²) in [5.41, 5.74) is 1.23. The highest BCUT2D eigenvalue weighted by atomic mass is 79.9. The zero-order valence-electron chi connectivity index (χ0n) is 19.9. The van der Waals surface area contributed by atoms with E-state index < -0.39 is 17.8 Å². The van der Waals surface area contributed by atoms with Crippen LogP contribution in [-0.4, -0.2) is 35.4 Å². The van der Waals surface area contributed by atoms with Crippen LogP contribution in [0, 0.1) is 5.82 Å². The monoisotopic (exact) mass is 540 g/mol. The van der Waals surface area contributed by atoms with Gasteiger partial charge in [-0.3, -0.25) is 9.59 Å². The topological polar surface area (TPSA) is 58.6 Å². The molecule has 2 atom stereocenters. The van der Waals surface area contributed by atoms with Gasteiger partial charge in [0.05, 0.1) is 0 Å². The minimum Gasteiger partial charge on any atom is -0.484 e. The number of hydrogen-bond donors (Lipinski definition) is 1. The van der Waals surface area contributed by atoms with Gasteiger partial charge in [-0.2, -0.15) is 0 Å². The van der Waals surface area contributed by atoms with Crippen molar-refractivity contribution < 1.29 is 18.7 Å². The summed E-state index contributed by atoms with van der Waals surface area (Å²) in [6.45, 7) is 3.56. The standard InChI is InChI=1S/C28H30BrFN2O3/c1-3-20(2)31-28(34)26(17-21-9-5-4-6-10-21)32(18-22-11-7-8-12-25(22)30)27(33)19-35-24-15-13-23(29)14-16-24/h4-16,20,26H,3,17-19H2,1-2H3,(H,31,34)/t20-,26-/m1/s1. The van der Waals surface area contributed by atoms with Crippen molar-refractivity contribution in [3.8, 4) is 5.75 Å². The second kappa shape index (κ2) is 13.0. The molecule has 0 heterocycles. The first kappa shape index (κ1) is 26.4. The fourth-order valence-corrected chi connectivity index (χ4v) is 3.83. The quantitative estimate of drug-likeness (QED) is 0.348. The molecule has 184 valence electrons. The highest BCUT2D eigenvalue weighted by molar-refractivity contribution is 9.10. The molecule has 3 rings (SSSR count). The van der Waals surface area contributed by atoms with Crippen molar-refractivity contribution in [2.75, 3.05) is 6.61 Å². The van der Waals surface area contributed by atoms with Gasteiger partial charge in [-0.25, -0.2) is 4.39 Å². The van der Waals surface area contributed by atoms with Crippen LogP contribution in [-0.2, 0) is 22.6 Å². The van der Waals surface area contributed by atoms with Crippen molar-refractivity contribution >= 4 is 27.7 Å². The van der Waals surface area contributed by atoms with Crippen molar-refractivity contribution in [1.29, 1.82) is 0 Å². The van der Waals surface area contributed by atoms with Crippen molar-refractivity contribution in [3.05, 3.63) is 100 Å². The largest absolute Gasteiger partial charge is 0.484 e. The maximum Gasteiger partial charge on any atom is 0.261 e. The Labute approximate surface area is 214 Å². The predicted molar refractivity (Wildman–Crippen MR) is 138 cm³/mol. The lowest BCUT2D eigenvalue weighted by molar-refractivity contribution is -0.143. The number of rotatable bonds is 11. The Morgan fingerprint density at radius 3 is 2.31 bits per heavy atom. The average Bonchev–Trinajstić information content (AvgIpc) is 2.87. The highest BCUT2D eigenvalue weighted by Gasteiger charge is 2.31. The maximum atomic E-state index is 14.6. The first-order valence-electron chi connectivity index (χ1n) is 11.6. The molecular weight excluding hydrogens is 511 g/mol. The number of nitrogens with zero attached hydrogens (tertiary/aromatic N) is 1. The Hall–Kier alpha value is -3.19. The number of carbonyl (C=O) groups excluding carboxylic acids is 2. The molecule has 0 aromatic heterocycles. The molecule has 0 spiro atoms. The molecular formula is C28H30BrFN2O3. The van der Waals surface area contributed by atoms with E-state index in [1.165, 1.54) is 11.0 Å². The molecule has 35 heavy (non-hydrogen) atoms. The molecule has 0 bridgehead atoms. The van der Waals surface area contributed by atoms with E-state index in [-0.39, 0.29) is 25.1 Å². The number of amides is 2. The summed E-state index contributed by atoms with van der Waals surface area (Å²) < 4.78 is 21.2. The van der Waals surface area contributed by atoms with Crippen molar-refractivity contribution in [2.45, 2.75) is 45.3 Å². The van der Waals surface area contributed by atoms with Crippen LogP contribution in [0.5, 0.6) is 5.75 Å². The van der Waals surface area contributed by atoms with E-state index in [9.17, 15) is 14.0 Å². The smallest absolute Gasteiger partial charge is 0.261 e. The predicted octanol–water partition coefficient (Wildman–Crippen LogP) is 5.52. The van der Waals surface area contributed by atoms with Gasteiger partial charge >= 0.3 is 0 Å². The van der Waals surface area contributed by atoms with Crippen LogP contribution < -0.4 is 10.1 Å². The van der Waals surface area contributed by atoms with Gasteiger partial charge in [-0.15, -0.1) is 0 Å². The molecule has 0 fully saturated rings. The van der Waals surface area contributed by atoms with E-state index in [1.807, 2.05) is 56.3 Å². The van der Waals surface area contributed by atoms with Gasteiger partial charge in [0, 0.05) is 29.0 Å². The molecule has 0 unspecified atom stereocenters. The van der Waals surface area contributed by atoms with Gasteiger partial charge < -0.3 is 15.0 Å². The fraction of sp³-hybridized carbons (Fsp3) is 0.286. The third-order valence-corrected chi connectivity index (χ3v) is 6.28. The lowest BCUT2D eigenvalue weighted by atomic mass is 10.0. The molecule has 0 saturated carbocycles. The zero-order valence-corrected chi connectivity index (χ0v) is 21.5. The lowest BCUT2D eigenvalue weighted by Crippen LogP contribution is -2.53. The fourth-order valence-electron chi connectivity index (χ4n) is 3.56. The molecule has 0 radical (unpaired) electrons. The molecule has 7 heteroatoms. The summed E-state index contributed by atoms with van der Waals surface area (Å²) in [5.74, 6) is -0.594. The highest BCUT2D eigenvalue weighted by Crippen LogP contribution is 2.19. The van der Waals surface area contributed by atoms with E-state index in [0.29, 0.717) is 17.7 Å². The van der Waals surface area contributed by atoms with E-state index >= 15 is 0 Å². The first-order valence-corrected chi connectivity index (χ1v) is 12.4. The van der Waals surface area contributed by atoms with Crippen LogP contribution in [0.15, 0.2) is 83.3 Å². The van der Waals surface area contributed by atoms with Gasteiger partial charge in [0.1, 0.15) is 17.6 Å². The van der Waals surface area contributed by atoms with E-state index in [4.69, 9.17) is 4.74 Å². The Morgan fingerprint density at radius 2 is 1.66 bits per heavy atom. The summed E-state index contributed by atoms with van der Waals surface area (Å²) in [7, 11) is 0. The Balaban J connectivity index is 1.91. The first-order chi connectivity index (χ1) is 16.9. The number of carbonyl (C=O) groups is 2. The lowest BCUT2D eigenvalue weighted by Gasteiger charge is -2.32. The number of benzene rings is 3. The molecule has 3 aromatic carbocycles. The summed E-state index contributed by atoms with van der Waals surface area (Å²) in [6.07, 6.45) is 1.04. The second-order valence-electron chi connectivity index (χ2n) is 8.38. The minimum atomic E-state index is -0.841. The van der Waals surface area contributed by atoms with E-state index in [0.717, 1.165) is 16.5 Å². The summed E-state index contributed by atoms with van der Waals surface area (Å²) >= 11 is 3.37. The maximum absolute atomic E-state index is 14.6. The van der Waals surface area contributed by atoms with Gasteiger partial charge in [-0.1, -0.05) is 71.4 Å². The Kier molecular flexibility index (Phi) is 9.85. The van der Waals surface area contributed by atoms with Crippen molar-refractivity contribution in [1.82, 2.24) is 10.2 Å². The molecule has 5 nitrogen and oxygen atoms in total. The number of nitrogens with one attached hydrogen (secondary N) is 1. The van der Waals surface area contributed by atoms with Crippen LogP contribution in [0.25, 0.3) is 0 Å². The number of hydrogen-bond acceptors (Lipinski definition) is 3. The zero-order chi connectivity index (χ0) is 25.2. The summed E-state index contributed by atoms with van der Waals surface area (Å²) in [5, 5.41) is 2.99. The molecule has 0 aliphatic carbocycles.